The van der Waals surface area contributed by atoms with Crippen molar-refractivity contribution < 1.29 is 14.0 Å². The van der Waals surface area contributed by atoms with Crippen LogP contribution < -0.4 is 20.9 Å². The second-order valence-electron chi connectivity index (χ2n) is 7.84. The molecule has 2 aliphatic heterocycles. The van der Waals surface area contributed by atoms with Crippen molar-refractivity contribution in [2.75, 3.05) is 67.5 Å². The molecule has 0 bridgehead atoms. The molecular formula is C21H27FN8O2. The number of hydrogen-bond donors (Lipinski definition) is 2. The molecule has 0 spiro atoms. The van der Waals surface area contributed by atoms with Crippen molar-refractivity contribution in [2.45, 2.75) is 6.92 Å². The van der Waals surface area contributed by atoms with Crippen LogP contribution in [0.15, 0.2) is 30.5 Å². The fourth-order valence-corrected chi connectivity index (χ4v) is 3.94. The van der Waals surface area contributed by atoms with Gasteiger partial charge in [-0.1, -0.05) is 0 Å². The van der Waals surface area contributed by atoms with Crippen molar-refractivity contribution in [3.63, 3.8) is 0 Å². The van der Waals surface area contributed by atoms with E-state index in [2.05, 4.69) is 20.2 Å². The molecule has 3 heterocycles. The fourth-order valence-electron chi connectivity index (χ4n) is 3.94. The summed E-state index contributed by atoms with van der Waals surface area (Å²) in [6.07, 6.45) is 1.15. The van der Waals surface area contributed by atoms with Crippen LogP contribution in [0.3, 0.4) is 0 Å². The standard InChI is InChI=1S/C21H27FN8O2/c1-15(31)27-6-8-28(9-7-27)17-4-2-16(3-5-17)25-21-24-14-18(22)19(26-21)29-10-12-30(13-11-29)20(23)32/h2-5,14H,6-13H2,1H3,(H2,23,32)(H,24,25,26). The summed E-state index contributed by atoms with van der Waals surface area (Å²) in [5, 5.41) is 3.12. The number of carbonyl (C=O) groups is 2. The van der Waals surface area contributed by atoms with Crippen LogP contribution in [0.25, 0.3) is 0 Å². The zero-order chi connectivity index (χ0) is 22.7. The predicted molar refractivity (Wildman–Crippen MR) is 120 cm³/mol. The van der Waals surface area contributed by atoms with Crippen molar-refractivity contribution in [1.29, 1.82) is 0 Å². The number of aromatic nitrogens is 2. The molecule has 2 aromatic rings. The highest BCUT2D eigenvalue weighted by Gasteiger charge is 2.23. The number of primary amides is 1. The average molecular weight is 442 g/mol. The maximum absolute atomic E-state index is 14.4. The van der Waals surface area contributed by atoms with Gasteiger partial charge in [-0.2, -0.15) is 4.98 Å². The highest BCUT2D eigenvalue weighted by Crippen LogP contribution is 2.23. The van der Waals surface area contributed by atoms with E-state index in [0.29, 0.717) is 32.1 Å². The lowest BCUT2D eigenvalue weighted by molar-refractivity contribution is -0.129. The van der Waals surface area contributed by atoms with Gasteiger partial charge >= 0.3 is 6.03 Å². The van der Waals surface area contributed by atoms with Crippen molar-refractivity contribution in [2.24, 2.45) is 5.73 Å². The smallest absolute Gasteiger partial charge is 0.314 e. The van der Waals surface area contributed by atoms with E-state index in [-0.39, 0.29) is 11.7 Å². The first-order valence-electron chi connectivity index (χ1n) is 10.6. The molecule has 2 saturated heterocycles. The maximum Gasteiger partial charge on any atom is 0.314 e. The third-order valence-electron chi connectivity index (χ3n) is 5.83. The van der Waals surface area contributed by atoms with Crippen LogP contribution in [0.1, 0.15) is 6.92 Å². The second-order valence-corrected chi connectivity index (χ2v) is 7.84. The van der Waals surface area contributed by atoms with E-state index in [9.17, 15) is 14.0 Å². The van der Waals surface area contributed by atoms with Gasteiger partial charge in [-0.25, -0.2) is 14.2 Å². The fraction of sp³-hybridized carbons (Fsp3) is 0.429. The van der Waals surface area contributed by atoms with E-state index >= 15 is 0 Å². The Labute approximate surface area is 185 Å². The minimum absolute atomic E-state index is 0.109. The molecule has 3 amide bonds. The quantitative estimate of drug-likeness (QED) is 0.733. The Morgan fingerprint density at radius 1 is 0.938 bits per heavy atom. The first kappa shape index (κ1) is 21.6. The van der Waals surface area contributed by atoms with Gasteiger partial charge in [0, 0.05) is 70.7 Å². The number of anilines is 4. The van der Waals surface area contributed by atoms with Crippen LogP contribution in [0.2, 0.25) is 0 Å². The number of nitrogens with one attached hydrogen (secondary N) is 1. The zero-order valence-corrected chi connectivity index (χ0v) is 18.0. The number of amides is 3. The molecule has 1 aromatic carbocycles. The van der Waals surface area contributed by atoms with Gasteiger partial charge in [0.25, 0.3) is 0 Å². The summed E-state index contributed by atoms with van der Waals surface area (Å²) in [5.41, 5.74) is 7.17. The lowest BCUT2D eigenvalue weighted by Crippen LogP contribution is -2.51. The summed E-state index contributed by atoms with van der Waals surface area (Å²) < 4.78 is 14.4. The Balaban J connectivity index is 1.39. The number of urea groups is 1. The molecule has 0 unspecified atom stereocenters. The van der Waals surface area contributed by atoms with Crippen molar-refractivity contribution in [3.05, 3.63) is 36.3 Å². The van der Waals surface area contributed by atoms with Gasteiger partial charge in [-0.3, -0.25) is 4.79 Å². The highest BCUT2D eigenvalue weighted by molar-refractivity contribution is 5.73. The van der Waals surface area contributed by atoms with Crippen molar-refractivity contribution in [1.82, 2.24) is 19.8 Å². The van der Waals surface area contributed by atoms with E-state index in [0.717, 1.165) is 43.8 Å². The van der Waals surface area contributed by atoms with Crippen LogP contribution in [-0.4, -0.2) is 84.1 Å². The first-order valence-corrected chi connectivity index (χ1v) is 10.6. The van der Waals surface area contributed by atoms with Crippen LogP contribution in [0, 0.1) is 5.82 Å². The van der Waals surface area contributed by atoms with Crippen molar-refractivity contribution >= 4 is 35.1 Å². The monoisotopic (exact) mass is 442 g/mol. The lowest BCUT2D eigenvalue weighted by atomic mass is 10.2. The van der Waals surface area contributed by atoms with E-state index in [1.165, 1.54) is 4.90 Å². The molecule has 170 valence electrons. The number of halogens is 1. The Kier molecular flexibility index (Phi) is 6.24. The third-order valence-corrected chi connectivity index (χ3v) is 5.83. The molecule has 2 fully saturated rings. The van der Waals surface area contributed by atoms with Crippen LogP contribution in [0.5, 0.6) is 0 Å². The third kappa shape index (κ3) is 4.82. The molecule has 0 radical (unpaired) electrons. The average Bonchev–Trinajstić information content (AvgIpc) is 2.81. The Bertz CT molecular complexity index is 970. The lowest BCUT2D eigenvalue weighted by Gasteiger charge is -2.35. The van der Waals surface area contributed by atoms with Gasteiger partial charge in [-0.05, 0) is 24.3 Å². The maximum atomic E-state index is 14.4. The van der Waals surface area contributed by atoms with Crippen molar-refractivity contribution in [3.8, 4) is 0 Å². The molecule has 10 nitrogen and oxygen atoms in total. The molecule has 0 aliphatic carbocycles. The SMILES string of the molecule is CC(=O)N1CCN(c2ccc(Nc3ncc(F)c(N4CCN(C(N)=O)CC4)n3)cc2)CC1. The summed E-state index contributed by atoms with van der Waals surface area (Å²) in [6, 6.07) is 7.37. The van der Waals surface area contributed by atoms with Gasteiger partial charge in [0.05, 0.1) is 6.20 Å². The molecule has 0 atom stereocenters. The Hall–Kier alpha value is -3.63. The topological polar surface area (TPSA) is 111 Å². The molecular weight excluding hydrogens is 415 g/mol. The number of rotatable bonds is 4. The van der Waals surface area contributed by atoms with Gasteiger partial charge in [0.1, 0.15) is 0 Å². The number of piperazine rings is 2. The second kappa shape index (κ2) is 9.25. The van der Waals surface area contributed by atoms with Gasteiger partial charge < -0.3 is 30.7 Å². The number of nitrogens with two attached hydrogens (primary N) is 1. The number of hydrogen-bond acceptors (Lipinski definition) is 7. The summed E-state index contributed by atoms with van der Waals surface area (Å²) in [4.78, 5) is 38.6. The summed E-state index contributed by atoms with van der Waals surface area (Å²) >= 11 is 0. The normalized spacial score (nSPS) is 16.8. The number of nitrogens with zero attached hydrogens (tertiary/aromatic N) is 6. The molecule has 1 aromatic heterocycles. The number of carbonyl (C=O) groups excluding carboxylic acids is 2. The van der Waals surface area contributed by atoms with Crippen LogP contribution in [-0.2, 0) is 4.79 Å². The molecule has 0 saturated carbocycles. The van der Waals surface area contributed by atoms with E-state index in [1.807, 2.05) is 29.2 Å². The first-order chi connectivity index (χ1) is 15.4. The van der Waals surface area contributed by atoms with E-state index in [1.54, 1.807) is 11.8 Å². The predicted octanol–water partition coefficient (Wildman–Crippen LogP) is 1.23. The van der Waals surface area contributed by atoms with Crippen LogP contribution >= 0.6 is 0 Å². The molecule has 3 N–H and O–H groups in total. The molecule has 32 heavy (non-hydrogen) atoms. The molecule has 2 aliphatic rings. The highest BCUT2D eigenvalue weighted by atomic mass is 19.1. The van der Waals surface area contributed by atoms with Crippen LogP contribution in [0.4, 0.5) is 32.3 Å². The Morgan fingerprint density at radius 2 is 1.53 bits per heavy atom. The summed E-state index contributed by atoms with van der Waals surface area (Å²) in [6.45, 7) is 6.35. The molecule has 4 rings (SSSR count). The largest absolute Gasteiger partial charge is 0.368 e. The minimum Gasteiger partial charge on any atom is -0.368 e. The number of benzene rings is 1. The van der Waals surface area contributed by atoms with E-state index < -0.39 is 11.8 Å². The van der Waals surface area contributed by atoms with E-state index in [4.69, 9.17) is 5.73 Å². The summed E-state index contributed by atoms with van der Waals surface area (Å²) in [7, 11) is 0. The minimum atomic E-state index is -0.511. The van der Waals surface area contributed by atoms with Gasteiger partial charge in [0.15, 0.2) is 11.6 Å². The zero-order valence-electron chi connectivity index (χ0n) is 18.0. The van der Waals surface area contributed by atoms with Gasteiger partial charge in [-0.15, -0.1) is 0 Å². The molecule has 11 heteroatoms. The van der Waals surface area contributed by atoms with Gasteiger partial charge in [0.2, 0.25) is 11.9 Å². The summed E-state index contributed by atoms with van der Waals surface area (Å²) in [5.74, 6) is 0.0916. The Morgan fingerprint density at radius 3 is 2.12 bits per heavy atom.